The molecule has 0 saturated carbocycles. The van der Waals surface area contributed by atoms with E-state index >= 15 is 0 Å². The van der Waals surface area contributed by atoms with E-state index in [1.807, 2.05) is 26.0 Å². The molecule has 0 amide bonds. The molecule has 2 aromatic carbocycles. The highest BCUT2D eigenvalue weighted by molar-refractivity contribution is 6.41. The van der Waals surface area contributed by atoms with Crippen LogP contribution in [0.1, 0.15) is 49.3 Å². The smallest absolute Gasteiger partial charge is 0.185 e. The molecule has 8 nitrogen and oxygen atoms in total. The Morgan fingerprint density at radius 2 is 1.94 bits per heavy atom. The first-order valence-corrected chi connectivity index (χ1v) is 10.9. The quantitative estimate of drug-likeness (QED) is 0.321. The Balaban J connectivity index is 1.92. The molecule has 0 spiro atoms. The second-order valence-corrected chi connectivity index (χ2v) is 8.44. The standard InChI is InChI=1S/C25H30N4O4/c1-16(2)20-11-21(22(32)12-23(20)33-3)25(27)29(24(26)15-31)18-8-6-17(7-9-18)13-28-10-4-5-19(28)14-30/h6-9,11-12,14-16,19,26-27,32H,4-5,10,13H2,1-3H3. The summed E-state index contributed by atoms with van der Waals surface area (Å²) in [5.74, 6) is -0.199. The fraction of sp³-hybridized carbons (Fsp3) is 0.360. The lowest BCUT2D eigenvalue weighted by Gasteiger charge is -2.25. The summed E-state index contributed by atoms with van der Waals surface area (Å²) in [6.45, 7) is 5.44. The number of carbonyl (C=O) groups is 2. The molecule has 3 rings (SSSR count). The fourth-order valence-corrected chi connectivity index (χ4v) is 4.15. The molecule has 1 unspecified atom stereocenters. The van der Waals surface area contributed by atoms with Crippen molar-refractivity contribution in [1.82, 2.24) is 4.90 Å². The van der Waals surface area contributed by atoms with Crippen molar-refractivity contribution in [3.8, 4) is 11.5 Å². The van der Waals surface area contributed by atoms with Gasteiger partial charge in [-0.2, -0.15) is 0 Å². The van der Waals surface area contributed by atoms with Gasteiger partial charge in [0.15, 0.2) is 12.1 Å². The summed E-state index contributed by atoms with van der Waals surface area (Å²) in [4.78, 5) is 26.1. The Hall–Kier alpha value is -3.52. The summed E-state index contributed by atoms with van der Waals surface area (Å²) >= 11 is 0. The number of nitrogens with zero attached hydrogens (tertiary/aromatic N) is 2. The van der Waals surface area contributed by atoms with Crippen LogP contribution in [0.3, 0.4) is 0 Å². The lowest BCUT2D eigenvalue weighted by Crippen LogP contribution is -2.37. The van der Waals surface area contributed by atoms with E-state index in [1.165, 1.54) is 18.1 Å². The van der Waals surface area contributed by atoms with Gasteiger partial charge in [0.2, 0.25) is 0 Å². The van der Waals surface area contributed by atoms with E-state index in [2.05, 4.69) is 4.90 Å². The summed E-state index contributed by atoms with van der Waals surface area (Å²) in [5, 5.41) is 27.4. The number of anilines is 1. The Bertz CT molecular complexity index is 1050. The molecule has 1 atom stereocenters. The SMILES string of the molecule is COc1cc(O)c(C(=N)N(C(=N)C=O)c2ccc(CN3CCCC3C=O)cc2)cc1C(C)C. The zero-order chi connectivity index (χ0) is 24.1. The number of aldehydes is 2. The number of phenols is 1. The number of benzene rings is 2. The lowest BCUT2D eigenvalue weighted by atomic mass is 9.98. The van der Waals surface area contributed by atoms with Crippen molar-refractivity contribution in [2.24, 2.45) is 0 Å². The minimum atomic E-state index is -0.422. The zero-order valence-electron chi connectivity index (χ0n) is 19.2. The average Bonchev–Trinajstić information content (AvgIpc) is 3.26. The topological polar surface area (TPSA) is 118 Å². The maximum absolute atomic E-state index is 11.5. The molecule has 0 aliphatic carbocycles. The number of amidine groups is 2. The largest absolute Gasteiger partial charge is 0.507 e. The van der Waals surface area contributed by atoms with Gasteiger partial charge in [0.25, 0.3) is 0 Å². The molecule has 1 fully saturated rings. The number of hydrogen-bond acceptors (Lipinski definition) is 7. The second-order valence-electron chi connectivity index (χ2n) is 8.44. The average molecular weight is 451 g/mol. The summed E-state index contributed by atoms with van der Waals surface area (Å²) in [7, 11) is 1.51. The molecule has 174 valence electrons. The molecule has 0 aromatic heterocycles. The molecular formula is C25H30N4O4. The molecule has 33 heavy (non-hydrogen) atoms. The van der Waals surface area contributed by atoms with E-state index in [1.54, 1.807) is 18.2 Å². The number of aromatic hydroxyl groups is 1. The minimum absolute atomic E-state index is 0.0641. The molecule has 0 bridgehead atoms. The third-order valence-electron chi connectivity index (χ3n) is 5.95. The zero-order valence-corrected chi connectivity index (χ0v) is 19.2. The van der Waals surface area contributed by atoms with Gasteiger partial charge in [-0.3, -0.25) is 25.4 Å². The fourth-order valence-electron chi connectivity index (χ4n) is 4.15. The predicted octanol–water partition coefficient (Wildman–Crippen LogP) is 3.70. The number of carbonyl (C=O) groups excluding carboxylic acids is 2. The van der Waals surface area contributed by atoms with Crippen molar-refractivity contribution in [1.29, 1.82) is 10.8 Å². The number of hydrogen-bond donors (Lipinski definition) is 3. The van der Waals surface area contributed by atoms with Crippen molar-refractivity contribution in [3.63, 3.8) is 0 Å². The number of phenolic OH excluding ortho intramolecular Hbond substituents is 1. The van der Waals surface area contributed by atoms with Crippen molar-refractivity contribution in [2.45, 2.75) is 45.2 Å². The molecule has 0 radical (unpaired) electrons. The molecule has 1 aliphatic rings. The third kappa shape index (κ3) is 5.12. The highest BCUT2D eigenvalue weighted by Crippen LogP contribution is 2.34. The number of ether oxygens (including phenoxy) is 1. The van der Waals surface area contributed by atoms with E-state index in [4.69, 9.17) is 15.6 Å². The molecule has 2 aromatic rings. The number of rotatable bonds is 8. The van der Waals surface area contributed by atoms with Crippen LogP contribution >= 0.6 is 0 Å². The summed E-state index contributed by atoms with van der Waals surface area (Å²) in [5.41, 5.74) is 2.45. The predicted molar refractivity (Wildman–Crippen MR) is 128 cm³/mol. The van der Waals surface area contributed by atoms with E-state index < -0.39 is 5.84 Å². The Morgan fingerprint density at radius 1 is 1.24 bits per heavy atom. The van der Waals surface area contributed by atoms with Crippen LogP contribution in [0, 0.1) is 10.8 Å². The van der Waals surface area contributed by atoms with Gasteiger partial charge < -0.3 is 14.6 Å². The molecule has 1 heterocycles. The monoisotopic (exact) mass is 450 g/mol. The van der Waals surface area contributed by atoms with E-state index in [0.717, 1.165) is 36.8 Å². The lowest BCUT2D eigenvalue weighted by molar-refractivity contribution is -0.111. The van der Waals surface area contributed by atoms with Crippen LogP contribution in [-0.4, -0.2) is 53.9 Å². The van der Waals surface area contributed by atoms with Crippen LogP contribution in [0.5, 0.6) is 11.5 Å². The van der Waals surface area contributed by atoms with Gasteiger partial charge in [-0.05, 0) is 54.6 Å². The van der Waals surface area contributed by atoms with Crippen molar-refractivity contribution < 1.29 is 19.4 Å². The Labute approximate surface area is 193 Å². The first-order valence-electron chi connectivity index (χ1n) is 10.9. The molecule has 1 saturated heterocycles. The number of methoxy groups -OCH3 is 1. The van der Waals surface area contributed by atoms with Crippen LogP contribution in [-0.2, 0) is 16.1 Å². The first kappa shape index (κ1) is 24.1. The van der Waals surface area contributed by atoms with Gasteiger partial charge >= 0.3 is 0 Å². The summed E-state index contributed by atoms with van der Waals surface area (Å²) in [6, 6.07) is 10.2. The molecular weight excluding hydrogens is 420 g/mol. The summed E-state index contributed by atoms with van der Waals surface area (Å²) < 4.78 is 5.35. The Morgan fingerprint density at radius 3 is 2.52 bits per heavy atom. The van der Waals surface area contributed by atoms with Crippen LogP contribution in [0.25, 0.3) is 0 Å². The molecule has 3 N–H and O–H groups in total. The molecule has 8 heteroatoms. The summed E-state index contributed by atoms with van der Waals surface area (Å²) in [6.07, 6.45) is 3.22. The van der Waals surface area contributed by atoms with Crippen LogP contribution in [0.4, 0.5) is 5.69 Å². The van der Waals surface area contributed by atoms with Gasteiger partial charge in [0, 0.05) is 18.3 Å². The van der Waals surface area contributed by atoms with Gasteiger partial charge in [-0.15, -0.1) is 0 Å². The van der Waals surface area contributed by atoms with Gasteiger partial charge in [0.05, 0.1) is 18.7 Å². The highest BCUT2D eigenvalue weighted by Gasteiger charge is 2.25. The van der Waals surface area contributed by atoms with Crippen LogP contribution in [0.2, 0.25) is 0 Å². The van der Waals surface area contributed by atoms with Crippen molar-refractivity contribution in [2.75, 3.05) is 18.6 Å². The van der Waals surface area contributed by atoms with Crippen LogP contribution in [0.15, 0.2) is 36.4 Å². The number of nitrogens with one attached hydrogen (secondary N) is 2. The normalized spacial score (nSPS) is 15.9. The second kappa shape index (κ2) is 10.4. The maximum Gasteiger partial charge on any atom is 0.185 e. The van der Waals surface area contributed by atoms with Gasteiger partial charge in [-0.25, -0.2) is 0 Å². The van der Waals surface area contributed by atoms with Gasteiger partial charge in [-0.1, -0.05) is 26.0 Å². The van der Waals surface area contributed by atoms with Gasteiger partial charge in [0.1, 0.15) is 23.6 Å². The molecule has 1 aliphatic heterocycles. The third-order valence-corrected chi connectivity index (χ3v) is 5.95. The van der Waals surface area contributed by atoms with E-state index in [-0.39, 0.29) is 29.1 Å². The van der Waals surface area contributed by atoms with Crippen LogP contribution < -0.4 is 9.64 Å². The first-order chi connectivity index (χ1) is 15.8. The number of likely N-dealkylation sites (tertiary alicyclic amines) is 1. The maximum atomic E-state index is 11.5. The van der Waals surface area contributed by atoms with E-state index in [9.17, 15) is 14.7 Å². The van der Waals surface area contributed by atoms with Crippen molar-refractivity contribution >= 4 is 29.9 Å². The minimum Gasteiger partial charge on any atom is -0.507 e. The van der Waals surface area contributed by atoms with Crippen molar-refractivity contribution in [3.05, 3.63) is 53.1 Å². The Kier molecular flexibility index (Phi) is 7.60. The van der Waals surface area contributed by atoms with E-state index in [0.29, 0.717) is 24.3 Å². The highest BCUT2D eigenvalue weighted by atomic mass is 16.5.